The Hall–Kier alpha value is -1.81. The molecule has 0 spiro atoms. The second-order valence-corrected chi connectivity index (χ2v) is 4.98. The molecule has 1 amide bonds. The Morgan fingerprint density at radius 3 is 2.79 bits per heavy atom. The molecule has 4 nitrogen and oxygen atoms in total. The molecule has 102 valence electrons. The lowest BCUT2D eigenvalue weighted by molar-refractivity contribution is 0.0917. The summed E-state index contributed by atoms with van der Waals surface area (Å²) in [4.78, 5) is 12.3. The van der Waals surface area contributed by atoms with E-state index < -0.39 is 0 Å². The normalized spacial score (nSPS) is 12.8. The summed E-state index contributed by atoms with van der Waals surface area (Å²) < 4.78 is 5.36. The fraction of sp³-hybridized carbons (Fsp3) is 0.400. The maximum absolute atomic E-state index is 12.3. The van der Waals surface area contributed by atoms with Crippen LogP contribution in [0, 0.1) is 5.92 Å². The molecule has 2 rings (SSSR count). The van der Waals surface area contributed by atoms with Crippen molar-refractivity contribution in [1.82, 2.24) is 5.32 Å². The average Bonchev–Trinajstić information content (AvgIpc) is 2.81. The van der Waals surface area contributed by atoms with Crippen molar-refractivity contribution >= 4 is 16.9 Å². The zero-order valence-electron chi connectivity index (χ0n) is 11.2. The second-order valence-electron chi connectivity index (χ2n) is 4.98. The van der Waals surface area contributed by atoms with Gasteiger partial charge in [-0.15, -0.1) is 0 Å². The first-order valence-electron chi connectivity index (χ1n) is 6.51. The van der Waals surface area contributed by atoms with Crippen LogP contribution in [-0.4, -0.2) is 23.7 Å². The topological polar surface area (TPSA) is 62.5 Å². The maximum atomic E-state index is 12.3. The van der Waals surface area contributed by atoms with Gasteiger partial charge in [0.25, 0.3) is 5.91 Å². The number of hydrogen-bond acceptors (Lipinski definition) is 3. The molecule has 4 heteroatoms. The van der Waals surface area contributed by atoms with E-state index in [1.165, 1.54) is 6.26 Å². The Morgan fingerprint density at radius 2 is 2.11 bits per heavy atom. The number of aliphatic hydroxyl groups excluding tert-OH is 1. The SMILES string of the molecule is CC(C)C(CCO)NC(=O)c1coc2ccccc12. The summed E-state index contributed by atoms with van der Waals surface area (Å²) in [6, 6.07) is 7.41. The second kappa shape index (κ2) is 5.89. The molecule has 19 heavy (non-hydrogen) atoms. The number of furan rings is 1. The van der Waals surface area contributed by atoms with Gasteiger partial charge in [0.1, 0.15) is 11.8 Å². The smallest absolute Gasteiger partial charge is 0.255 e. The van der Waals surface area contributed by atoms with E-state index in [2.05, 4.69) is 5.32 Å². The fourth-order valence-electron chi connectivity index (χ4n) is 2.11. The number of para-hydroxylation sites is 1. The predicted octanol–water partition coefficient (Wildman–Crippen LogP) is 2.57. The third-order valence-electron chi connectivity index (χ3n) is 3.29. The minimum Gasteiger partial charge on any atom is -0.463 e. The third kappa shape index (κ3) is 2.96. The van der Waals surface area contributed by atoms with Crippen molar-refractivity contribution in [3.05, 3.63) is 36.1 Å². The van der Waals surface area contributed by atoms with Gasteiger partial charge in [-0.25, -0.2) is 0 Å². The molecule has 1 aromatic heterocycles. The van der Waals surface area contributed by atoms with Crippen LogP contribution in [0.3, 0.4) is 0 Å². The summed E-state index contributed by atoms with van der Waals surface area (Å²) in [5, 5.41) is 12.8. The van der Waals surface area contributed by atoms with Crippen molar-refractivity contribution in [3.8, 4) is 0 Å². The monoisotopic (exact) mass is 261 g/mol. The molecule has 2 N–H and O–H groups in total. The molecule has 0 saturated heterocycles. The van der Waals surface area contributed by atoms with E-state index in [1.807, 2.05) is 38.1 Å². The lowest BCUT2D eigenvalue weighted by Gasteiger charge is -2.21. The predicted molar refractivity (Wildman–Crippen MR) is 74.0 cm³/mol. The molecule has 1 atom stereocenters. The van der Waals surface area contributed by atoms with Gasteiger partial charge in [0.15, 0.2) is 0 Å². The van der Waals surface area contributed by atoms with Gasteiger partial charge in [-0.1, -0.05) is 32.0 Å². The number of nitrogens with one attached hydrogen (secondary N) is 1. The number of amides is 1. The number of carbonyl (C=O) groups is 1. The summed E-state index contributed by atoms with van der Waals surface area (Å²) >= 11 is 0. The molecule has 0 bridgehead atoms. The zero-order chi connectivity index (χ0) is 13.8. The van der Waals surface area contributed by atoms with Crippen molar-refractivity contribution in [3.63, 3.8) is 0 Å². The molecule has 0 aliphatic carbocycles. The van der Waals surface area contributed by atoms with Crippen LogP contribution >= 0.6 is 0 Å². The van der Waals surface area contributed by atoms with Crippen LogP contribution in [0.1, 0.15) is 30.6 Å². The van der Waals surface area contributed by atoms with Crippen LogP contribution in [0.15, 0.2) is 34.9 Å². The van der Waals surface area contributed by atoms with Gasteiger partial charge in [0.05, 0.1) is 5.56 Å². The van der Waals surface area contributed by atoms with Gasteiger partial charge >= 0.3 is 0 Å². The molecule has 0 radical (unpaired) electrons. The number of hydrogen-bond donors (Lipinski definition) is 2. The van der Waals surface area contributed by atoms with Crippen molar-refractivity contribution in [2.24, 2.45) is 5.92 Å². The van der Waals surface area contributed by atoms with Crippen LogP contribution in [0.2, 0.25) is 0 Å². The minimum absolute atomic E-state index is 0.0360. The van der Waals surface area contributed by atoms with Gasteiger partial charge in [0.2, 0.25) is 0 Å². The molecule has 2 aromatic rings. The van der Waals surface area contributed by atoms with E-state index in [0.717, 1.165) is 5.39 Å². The van der Waals surface area contributed by atoms with Crippen LogP contribution < -0.4 is 5.32 Å². The molecule has 0 aliphatic rings. The van der Waals surface area contributed by atoms with Crippen molar-refractivity contribution < 1.29 is 14.3 Å². The highest BCUT2D eigenvalue weighted by atomic mass is 16.3. The zero-order valence-corrected chi connectivity index (χ0v) is 11.2. The van der Waals surface area contributed by atoms with Gasteiger partial charge in [-0.05, 0) is 18.4 Å². The third-order valence-corrected chi connectivity index (χ3v) is 3.29. The van der Waals surface area contributed by atoms with E-state index in [1.54, 1.807) is 0 Å². The quantitative estimate of drug-likeness (QED) is 0.869. The number of benzene rings is 1. The maximum Gasteiger partial charge on any atom is 0.255 e. The molecule has 1 heterocycles. The Bertz CT molecular complexity index is 559. The summed E-state index contributed by atoms with van der Waals surface area (Å²) in [6.45, 7) is 4.11. The molecular weight excluding hydrogens is 242 g/mol. The van der Waals surface area contributed by atoms with Gasteiger partial charge in [0, 0.05) is 18.0 Å². The van der Waals surface area contributed by atoms with Crippen molar-refractivity contribution in [2.45, 2.75) is 26.3 Å². The lowest BCUT2D eigenvalue weighted by Crippen LogP contribution is -2.39. The summed E-state index contributed by atoms with van der Waals surface area (Å²) in [6.07, 6.45) is 2.04. The molecule has 1 unspecified atom stereocenters. The average molecular weight is 261 g/mol. The van der Waals surface area contributed by atoms with E-state index in [0.29, 0.717) is 17.6 Å². The first-order chi connectivity index (χ1) is 9.13. The number of rotatable bonds is 5. The highest BCUT2D eigenvalue weighted by molar-refractivity contribution is 6.05. The highest BCUT2D eigenvalue weighted by Crippen LogP contribution is 2.21. The Kier molecular flexibility index (Phi) is 4.22. The van der Waals surface area contributed by atoms with Gasteiger partial charge in [-0.3, -0.25) is 4.79 Å². The largest absolute Gasteiger partial charge is 0.463 e. The fourth-order valence-corrected chi connectivity index (χ4v) is 2.11. The standard InChI is InChI=1S/C15H19NO3/c1-10(2)13(7-8-17)16-15(18)12-9-19-14-6-4-3-5-11(12)14/h3-6,9-10,13,17H,7-8H2,1-2H3,(H,16,18). The summed E-state index contributed by atoms with van der Waals surface area (Å²) in [5.74, 6) is 0.117. The van der Waals surface area contributed by atoms with Crippen molar-refractivity contribution in [1.29, 1.82) is 0 Å². The van der Waals surface area contributed by atoms with Crippen molar-refractivity contribution in [2.75, 3.05) is 6.61 Å². The molecule has 1 aromatic carbocycles. The molecule has 0 saturated carbocycles. The summed E-state index contributed by atoms with van der Waals surface area (Å²) in [5.41, 5.74) is 1.25. The van der Waals surface area contributed by atoms with E-state index in [9.17, 15) is 4.79 Å². The van der Waals surface area contributed by atoms with Crippen LogP contribution in [0.4, 0.5) is 0 Å². The van der Waals surface area contributed by atoms with E-state index in [4.69, 9.17) is 9.52 Å². The Morgan fingerprint density at radius 1 is 1.37 bits per heavy atom. The van der Waals surface area contributed by atoms with Gasteiger partial charge < -0.3 is 14.8 Å². The lowest BCUT2D eigenvalue weighted by atomic mass is 10.0. The number of aliphatic hydroxyl groups is 1. The number of fused-ring (bicyclic) bond motifs is 1. The van der Waals surface area contributed by atoms with Gasteiger partial charge in [-0.2, -0.15) is 0 Å². The molecule has 0 aliphatic heterocycles. The minimum atomic E-state index is -0.155. The van der Waals surface area contributed by atoms with Crippen LogP contribution in [0.5, 0.6) is 0 Å². The van der Waals surface area contributed by atoms with Crippen LogP contribution in [0.25, 0.3) is 11.0 Å². The number of carbonyl (C=O) groups excluding carboxylic acids is 1. The Labute approximate surface area is 112 Å². The molecular formula is C15H19NO3. The summed E-state index contributed by atoms with van der Waals surface area (Å²) in [7, 11) is 0. The van der Waals surface area contributed by atoms with E-state index >= 15 is 0 Å². The van der Waals surface area contributed by atoms with E-state index in [-0.39, 0.29) is 24.5 Å². The first-order valence-corrected chi connectivity index (χ1v) is 6.51. The Balaban J connectivity index is 2.19. The molecule has 0 fully saturated rings. The van der Waals surface area contributed by atoms with Crippen LogP contribution in [-0.2, 0) is 0 Å². The first kappa shape index (κ1) is 13.6. The highest BCUT2D eigenvalue weighted by Gasteiger charge is 2.19.